The predicted octanol–water partition coefficient (Wildman–Crippen LogP) is 5.63. The lowest BCUT2D eigenvalue weighted by Gasteiger charge is -2.35. The van der Waals surface area contributed by atoms with Gasteiger partial charge in [-0.3, -0.25) is 4.79 Å². The van der Waals surface area contributed by atoms with Crippen molar-refractivity contribution < 1.29 is 38.1 Å². The van der Waals surface area contributed by atoms with Crippen LogP contribution in [0.25, 0.3) is 10.9 Å². The molecule has 0 unspecified atom stereocenters. The second-order valence-corrected chi connectivity index (χ2v) is 15.5. The number of rotatable bonds is 18. The molecule has 334 valence electrons. The number of carboxylic acid groups (broad SMARTS) is 1. The molecule has 6 N–H and O–H groups in total. The standard InChI is InChI=1S/C44H53FN10O8/c1-4-52-24-34(41(57)58)40(56)33-21-35(45)38(22-37(33)52)53-17-19-54(20-18-53)44(61)63-27-30-12-14-31(15-13-30)48-23-32(11-8-16-47-42(46)59)55-25-36(50-51-55)39(28(2)3)49-43(60)62-26-29-9-6-5-7-10-29/h5-7,9-10,12-15,21-22,24-25,28,32,39,48H,4,8,11,16-20,23,26-27H2,1-3H3,(H,49,60)(H,57,58)(H3,46,47,59)/t32-,39+/m1/s1. The maximum absolute atomic E-state index is 15.4. The van der Waals surface area contributed by atoms with Gasteiger partial charge in [0, 0.05) is 63.1 Å². The van der Waals surface area contributed by atoms with Crippen LogP contribution in [0, 0.1) is 11.7 Å². The Hall–Kier alpha value is -7.18. The normalized spacial score (nSPS) is 13.7. The summed E-state index contributed by atoms with van der Waals surface area (Å²) in [5.41, 5.74) is 7.81. The first-order valence-corrected chi connectivity index (χ1v) is 20.8. The van der Waals surface area contributed by atoms with Gasteiger partial charge in [0.2, 0.25) is 5.43 Å². The van der Waals surface area contributed by atoms with Crippen molar-refractivity contribution in [2.24, 2.45) is 11.7 Å². The zero-order valence-corrected chi connectivity index (χ0v) is 35.5. The number of pyridine rings is 1. The molecule has 3 heterocycles. The first kappa shape index (κ1) is 45.3. The van der Waals surface area contributed by atoms with E-state index in [2.05, 4.69) is 26.3 Å². The summed E-state index contributed by atoms with van der Waals surface area (Å²) in [7, 11) is 0. The van der Waals surface area contributed by atoms with Crippen LogP contribution in [0.1, 0.15) is 72.9 Å². The molecule has 0 aliphatic carbocycles. The summed E-state index contributed by atoms with van der Waals surface area (Å²) in [6.07, 6.45) is 3.24. The number of hydrogen-bond acceptors (Lipinski definition) is 11. The molecule has 5 aromatic rings. The molecule has 1 fully saturated rings. The number of aromatic carboxylic acids is 1. The van der Waals surface area contributed by atoms with Gasteiger partial charge in [-0.2, -0.15) is 0 Å². The molecule has 19 heteroatoms. The van der Waals surface area contributed by atoms with Crippen LogP contribution in [0.2, 0.25) is 0 Å². The van der Waals surface area contributed by atoms with Crippen LogP contribution in [0.5, 0.6) is 0 Å². The number of benzene rings is 3. The second kappa shape index (κ2) is 21.1. The fourth-order valence-electron chi connectivity index (χ4n) is 7.34. The summed E-state index contributed by atoms with van der Waals surface area (Å²) in [5.74, 6) is -2.04. The number of nitrogens with two attached hydrogens (primary N) is 1. The van der Waals surface area contributed by atoms with Gasteiger partial charge >= 0.3 is 24.2 Å². The van der Waals surface area contributed by atoms with Crippen molar-refractivity contribution in [2.45, 2.75) is 65.5 Å². The third-order valence-electron chi connectivity index (χ3n) is 10.8. The molecule has 0 saturated carbocycles. The lowest BCUT2D eigenvalue weighted by Crippen LogP contribution is -2.49. The number of aryl methyl sites for hydroxylation is 1. The van der Waals surface area contributed by atoms with Crippen molar-refractivity contribution in [3.8, 4) is 0 Å². The van der Waals surface area contributed by atoms with Gasteiger partial charge in [0.05, 0.1) is 29.5 Å². The van der Waals surface area contributed by atoms with E-state index in [-0.39, 0.29) is 49.3 Å². The summed E-state index contributed by atoms with van der Waals surface area (Å²) in [5, 5.41) is 27.2. The molecule has 2 aromatic heterocycles. The number of carboxylic acids is 1. The third-order valence-corrected chi connectivity index (χ3v) is 10.8. The number of amides is 4. The van der Waals surface area contributed by atoms with Crippen LogP contribution in [-0.4, -0.2) is 93.0 Å². The Morgan fingerprint density at radius 1 is 0.937 bits per heavy atom. The van der Waals surface area contributed by atoms with Crippen LogP contribution in [0.4, 0.5) is 30.1 Å². The first-order chi connectivity index (χ1) is 30.3. The summed E-state index contributed by atoms with van der Waals surface area (Å²) >= 11 is 0. The van der Waals surface area contributed by atoms with E-state index < -0.39 is 47.0 Å². The molecule has 2 atom stereocenters. The quantitative estimate of drug-likeness (QED) is 0.0675. The Morgan fingerprint density at radius 2 is 1.63 bits per heavy atom. The van der Waals surface area contributed by atoms with Gasteiger partial charge in [0.1, 0.15) is 30.3 Å². The van der Waals surface area contributed by atoms with Gasteiger partial charge in [-0.15, -0.1) is 5.10 Å². The molecule has 1 aliphatic rings. The van der Waals surface area contributed by atoms with Gasteiger partial charge in [0.15, 0.2) is 0 Å². The molecule has 1 aliphatic heterocycles. The maximum atomic E-state index is 15.4. The smallest absolute Gasteiger partial charge is 0.410 e. The fraction of sp³-hybridized carbons (Fsp3) is 0.386. The topological polar surface area (TPSA) is 228 Å². The average molecular weight is 869 g/mol. The zero-order chi connectivity index (χ0) is 45.0. The highest BCUT2D eigenvalue weighted by atomic mass is 19.1. The number of ether oxygens (including phenoxy) is 2. The van der Waals surface area contributed by atoms with Crippen molar-refractivity contribution in [2.75, 3.05) is 49.5 Å². The van der Waals surface area contributed by atoms with Crippen LogP contribution in [0.3, 0.4) is 0 Å². The summed E-state index contributed by atoms with van der Waals surface area (Å²) in [4.78, 5) is 64.8. The van der Waals surface area contributed by atoms with E-state index in [1.54, 1.807) is 38.2 Å². The minimum Gasteiger partial charge on any atom is -0.477 e. The van der Waals surface area contributed by atoms with Crippen LogP contribution in [-0.2, 0) is 29.2 Å². The largest absolute Gasteiger partial charge is 0.477 e. The summed E-state index contributed by atoms with van der Waals surface area (Å²) in [6, 6.07) is 18.2. The molecule has 1 saturated heterocycles. The second-order valence-electron chi connectivity index (χ2n) is 15.5. The van der Waals surface area contributed by atoms with Crippen molar-refractivity contribution in [1.29, 1.82) is 0 Å². The monoisotopic (exact) mass is 868 g/mol. The van der Waals surface area contributed by atoms with E-state index in [4.69, 9.17) is 15.2 Å². The van der Waals surface area contributed by atoms with E-state index in [9.17, 15) is 29.1 Å². The molecule has 6 rings (SSSR count). The summed E-state index contributed by atoms with van der Waals surface area (Å²) < 4.78 is 29.8. The van der Waals surface area contributed by atoms with E-state index in [0.717, 1.165) is 22.9 Å². The Bertz CT molecular complexity index is 2440. The van der Waals surface area contributed by atoms with Crippen LogP contribution >= 0.6 is 0 Å². The first-order valence-electron chi connectivity index (χ1n) is 20.8. The highest BCUT2D eigenvalue weighted by Crippen LogP contribution is 2.27. The Balaban J connectivity index is 1.01. The Labute approximate surface area is 363 Å². The van der Waals surface area contributed by atoms with E-state index in [0.29, 0.717) is 56.8 Å². The molecule has 4 amide bonds. The van der Waals surface area contributed by atoms with Crippen LogP contribution in [0.15, 0.2) is 83.9 Å². The molecule has 0 spiro atoms. The number of carbonyl (C=O) groups excluding carboxylic acids is 3. The van der Waals surface area contributed by atoms with E-state index in [1.165, 1.54) is 6.20 Å². The van der Waals surface area contributed by atoms with Crippen molar-refractivity contribution >= 4 is 46.5 Å². The van der Waals surface area contributed by atoms with Crippen molar-refractivity contribution in [1.82, 2.24) is 35.1 Å². The number of aromatic nitrogens is 4. The number of piperazine rings is 1. The Kier molecular flexibility index (Phi) is 15.2. The van der Waals surface area contributed by atoms with E-state index in [1.807, 2.05) is 68.4 Å². The predicted molar refractivity (Wildman–Crippen MR) is 233 cm³/mol. The number of urea groups is 1. The number of hydrogen-bond donors (Lipinski definition) is 5. The number of primary amides is 1. The van der Waals surface area contributed by atoms with Gasteiger partial charge in [-0.25, -0.2) is 28.3 Å². The minimum absolute atomic E-state index is 0.00788. The van der Waals surface area contributed by atoms with Crippen molar-refractivity contribution in [3.63, 3.8) is 0 Å². The van der Waals surface area contributed by atoms with Gasteiger partial charge < -0.3 is 50.6 Å². The van der Waals surface area contributed by atoms with Gasteiger partial charge in [-0.05, 0) is 61.1 Å². The molecule has 3 aromatic carbocycles. The van der Waals surface area contributed by atoms with Gasteiger partial charge in [0.25, 0.3) is 0 Å². The van der Waals surface area contributed by atoms with Gasteiger partial charge in [-0.1, -0.05) is 61.5 Å². The fourth-order valence-corrected chi connectivity index (χ4v) is 7.34. The highest BCUT2D eigenvalue weighted by molar-refractivity contribution is 5.93. The zero-order valence-electron chi connectivity index (χ0n) is 35.5. The molecular weight excluding hydrogens is 816 g/mol. The van der Waals surface area contributed by atoms with Crippen molar-refractivity contribution in [3.05, 3.63) is 118 Å². The maximum Gasteiger partial charge on any atom is 0.410 e. The lowest BCUT2D eigenvalue weighted by molar-refractivity contribution is 0.0694. The molecule has 63 heavy (non-hydrogen) atoms. The van der Waals surface area contributed by atoms with Crippen LogP contribution < -0.4 is 32.0 Å². The molecular formula is C44H53FN10O8. The highest BCUT2D eigenvalue weighted by Gasteiger charge is 2.27. The number of nitrogens with zero attached hydrogens (tertiary/aromatic N) is 6. The SMILES string of the molecule is CCn1cc(C(=O)O)c(=O)c2cc(F)c(N3CCN(C(=O)OCc4ccc(NC[C@@H](CCCNC(N)=O)n5cc([C@@H](NC(=O)OCc6ccccc6)C(C)C)nn5)cc4)CC3)cc21. The molecule has 0 radical (unpaired) electrons. The van der Waals surface area contributed by atoms with E-state index >= 15 is 4.39 Å². The average Bonchev–Trinajstić information content (AvgIpc) is 3.77. The minimum atomic E-state index is -1.37. The Morgan fingerprint density at radius 3 is 2.30 bits per heavy atom. The number of alkyl carbamates (subject to hydrolysis) is 1. The number of fused-ring (bicyclic) bond motifs is 1. The third kappa shape index (κ3) is 11.8. The number of nitrogens with one attached hydrogen (secondary N) is 3. The lowest BCUT2D eigenvalue weighted by atomic mass is 10.0. The summed E-state index contributed by atoms with van der Waals surface area (Å²) in [6.45, 7) is 8.31. The molecule has 18 nitrogen and oxygen atoms in total. The number of halogens is 1. The molecule has 0 bridgehead atoms. The number of carbonyl (C=O) groups is 4. The number of anilines is 2.